The first kappa shape index (κ1) is 41.7. The van der Waals surface area contributed by atoms with E-state index in [1.807, 2.05) is 69.3 Å². The van der Waals surface area contributed by atoms with Crippen LogP contribution in [0.3, 0.4) is 0 Å². The lowest BCUT2D eigenvalue weighted by Gasteiger charge is -2.24. The molecule has 3 atom stereocenters. The van der Waals surface area contributed by atoms with Gasteiger partial charge in [0.15, 0.2) is 11.5 Å². The van der Waals surface area contributed by atoms with Gasteiger partial charge in [-0.25, -0.2) is 29.3 Å². The molecule has 0 aliphatic carbocycles. The molecule has 0 radical (unpaired) electrons. The van der Waals surface area contributed by atoms with Gasteiger partial charge in [0.25, 0.3) is 11.5 Å². The van der Waals surface area contributed by atoms with Gasteiger partial charge in [-0.1, -0.05) is 75.4 Å². The molecule has 0 saturated carbocycles. The minimum absolute atomic E-state index is 0.0389. The molecule has 0 spiro atoms. The van der Waals surface area contributed by atoms with Crippen molar-refractivity contribution in [3.05, 3.63) is 143 Å². The van der Waals surface area contributed by atoms with Crippen LogP contribution < -0.4 is 21.5 Å². The van der Waals surface area contributed by atoms with Crippen LogP contribution in [-0.2, 0) is 11.2 Å². The van der Waals surface area contributed by atoms with Gasteiger partial charge in [0.2, 0.25) is 5.91 Å². The first-order valence-corrected chi connectivity index (χ1v) is 19.0. The number of nitrogens with zero attached hydrogens (tertiary/aromatic N) is 7. The number of benzene rings is 3. The molecule has 0 fully saturated rings. The Kier molecular flexibility index (Phi) is 13.8. The van der Waals surface area contributed by atoms with Crippen LogP contribution in [-0.4, -0.2) is 80.4 Å². The van der Waals surface area contributed by atoms with Crippen LogP contribution in [0.2, 0.25) is 0 Å². The monoisotopic (exact) mass is 799 g/mol. The maximum atomic E-state index is 14.5. The summed E-state index contributed by atoms with van der Waals surface area (Å²) >= 11 is 0. The van der Waals surface area contributed by atoms with E-state index in [1.165, 1.54) is 35.6 Å². The molecule has 1 unspecified atom stereocenters. The number of nitrogens with one attached hydrogen (secondary N) is 4. The van der Waals surface area contributed by atoms with Gasteiger partial charge >= 0.3 is 7.12 Å². The lowest BCUT2D eigenvalue weighted by molar-refractivity contribution is -0.123. The number of H-pyrrole nitrogens is 1. The molecule has 16 nitrogen and oxygen atoms in total. The van der Waals surface area contributed by atoms with Crippen LogP contribution in [0.25, 0.3) is 27.8 Å². The average Bonchev–Trinajstić information content (AvgIpc) is 3.73. The van der Waals surface area contributed by atoms with Crippen molar-refractivity contribution >= 4 is 46.8 Å². The van der Waals surface area contributed by atoms with E-state index in [-0.39, 0.29) is 29.5 Å². The quantitative estimate of drug-likeness (QED) is 0.0855. The summed E-state index contributed by atoms with van der Waals surface area (Å²) in [5, 5.41) is 27.8. The van der Waals surface area contributed by atoms with Gasteiger partial charge in [-0.05, 0) is 48.6 Å². The zero-order chi connectivity index (χ0) is 41.9. The van der Waals surface area contributed by atoms with E-state index in [0.717, 1.165) is 5.56 Å². The Balaban J connectivity index is 0.000000200. The van der Waals surface area contributed by atoms with Gasteiger partial charge < -0.3 is 31.0 Å². The normalized spacial score (nSPS) is 12.6. The Labute approximate surface area is 338 Å². The molecule has 7 rings (SSSR count). The Morgan fingerprint density at radius 3 is 2.34 bits per heavy atom. The number of carbonyl (C=O) groups excluding carboxylic acids is 2. The number of fused-ring (bicyclic) bond motifs is 2. The third kappa shape index (κ3) is 10.3. The van der Waals surface area contributed by atoms with Gasteiger partial charge in [0, 0.05) is 18.8 Å². The molecule has 59 heavy (non-hydrogen) atoms. The lowest BCUT2D eigenvalue weighted by atomic mass is 9.75. The largest absolute Gasteiger partial charge is 0.475 e. The number of para-hydroxylation sites is 1. The van der Waals surface area contributed by atoms with Crippen LogP contribution in [0.5, 0.6) is 0 Å². The molecule has 4 heterocycles. The predicted molar refractivity (Wildman–Crippen MR) is 221 cm³/mol. The van der Waals surface area contributed by atoms with E-state index in [2.05, 4.69) is 45.9 Å². The van der Waals surface area contributed by atoms with Crippen molar-refractivity contribution in [3.8, 4) is 5.69 Å². The van der Waals surface area contributed by atoms with Crippen LogP contribution in [0.1, 0.15) is 61.5 Å². The molecule has 302 valence electrons. The molecular formula is C41H43BFN11O5. The van der Waals surface area contributed by atoms with Crippen LogP contribution in [0.15, 0.2) is 115 Å². The number of rotatable bonds is 14. The summed E-state index contributed by atoms with van der Waals surface area (Å²) < 4.78 is 16.0. The number of hydrogen-bond donors (Lipinski definition) is 6. The van der Waals surface area contributed by atoms with Crippen molar-refractivity contribution in [1.29, 1.82) is 0 Å². The van der Waals surface area contributed by atoms with Gasteiger partial charge in [0.1, 0.15) is 40.6 Å². The zero-order valence-corrected chi connectivity index (χ0v) is 32.5. The van der Waals surface area contributed by atoms with E-state index in [1.54, 1.807) is 30.6 Å². The summed E-state index contributed by atoms with van der Waals surface area (Å²) in [7, 11) is -1.69. The van der Waals surface area contributed by atoms with Crippen LogP contribution >= 0.6 is 0 Å². The molecular weight excluding hydrogens is 756 g/mol. The minimum atomic E-state index is -1.69. The molecule has 4 aromatic heterocycles. The SMILES string of the molecule is CC(C)C[C@H](NC(=O)[C@H](Cc1ccccc1)NC(=O)c1cnccn1)B(O)O.CCC(Nc1ncnc2nc[nH]c12)c1nc2cccc(F)c2c(=O)n1-c1ccccc1. The third-order valence-electron chi connectivity index (χ3n) is 9.25. The first-order valence-electron chi connectivity index (χ1n) is 19.0. The fraction of sp³-hybridized carbons (Fsp3) is 0.244. The van der Waals surface area contributed by atoms with Crippen molar-refractivity contribution in [2.75, 3.05) is 5.32 Å². The Bertz CT molecular complexity index is 2540. The summed E-state index contributed by atoms with van der Waals surface area (Å²) in [6, 6.07) is 21.5. The number of imidazole rings is 1. The van der Waals surface area contributed by atoms with Crippen LogP contribution in [0.4, 0.5) is 10.2 Å². The topological polar surface area (TPSA) is 226 Å². The molecule has 3 aromatic carbocycles. The molecule has 0 saturated heterocycles. The highest BCUT2D eigenvalue weighted by atomic mass is 19.1. The van der Waals surface area contributed by atoms with E-state index < -0.39 is 42.3 Å². The molecule has 18 heteroatoms. The number of carbonyl (C=O) groups is 2. The molecule has 6 N–H and O–H groups in total. The van der Waals surface area contributed by atoms with E-state index in [4.69, 9.17) is 4.98 Å². The summed E-state index contributed by atoms with van der Waals surface area (Å²) in [4.78, 5) is 66.8. The highest BCUT2D eigenvalue weighted by Crippen LogP contribution is 2.26. The summed E-state index contributed by atoms with van der Waals surface area (Å²) in [5.74, 6) is -1.31. The maximum Gasteiger partial charge on any atom is 0.475 e. The van der Waals surface area contributed by atoms with Crippen molar-refractivity contribution in [2.45, 2.75) is 58.1 Å². The second kappa shape index (κ2) is 19.5. The molecule has 2 amide bonds. The smallest absolute Gasteiger partial charge is 0.426 e. The Morgan fingerprint density at radius 1 is 0.915 bits per heavy atom. The van der Waals surface area contributed by atoms with E-state index >= 15 is 0 Å². The lowest BCUT2D eigenvalue weighted by Crippen LogP contribution is -2.55. The number of amides is 2. The zero-order valence-electron chi connectivity index (χ0n) is 32.5. The number of hydrogen-bond acceptors (Lipinski definition) is 12. The maximum absolute atomic E-state index is 14.5. The van der Waals surface area contributed by atoms with Crippen molar-refractivity contribution in [2.24, 2.45) is 5.92 Å². The third-order valence-corrected chi connectivity index (χ3v) is 9.25. The summed E-state index contributed by atoms with van der Waals surface area (Å²) in [6.07, 6.45) is 8.35. The standard InChI is InChI=1S/C22H18FN7O.C19H25BN4O4/c1-2-15(28-20-18-19(25-11-24-18)26-12-27-20)21-29-16-10-6-9-14(23)17(16)22(31)30(21)13-7-4-3-5-8-13;1-13(2)10-17(20(27)28)24-18(25)15(11-14-6-4-3-5-7-14)23-19(26)16-12-21-8-9-22-16/h3-12,15H,2H2,1H3,(H2,24,25,26,27,28);3-9,12-13,15,17,27-28H,10-11H2,1-2H3,(H,23,26)(H,24,25)/t;15-,17-/m.0/s1. The van der Waals surface area contributed by atoms with E-state index in [9.17, 15) is 28.8 Å². The molecule has 7 aromatic rings. The molecule has 0 bridgehead atoms. The number of anilines is 1. The van der Waals surface area contributed by atoms with Gasteiger partial charge in [-0.3, -0.25) is 23.9 Å². The van der Waals surface area contributed by atoms with Gasteiger partial charge in [-0.15, -0.1) is 0 Å². The Morgan fingerprint density at radius 2 is 1.66 bits per heavy atom. The van der Waals surface area contributed by atoms with Crippen molar-refractivity contribution in [1.82, 2.24) is 50.1 Å². The molecule has 0 aliphatic rings. The summed E-state index contributed by atoms with van der Waals surface area (Å²) in [5.41, 5.74) is 2.58. The fourth-order valence-corrected chi connectivity index (χ4v) is 6.41. The molecule has 0 aliphatic heterocycles. The Hall–Kier alpha value is -6.92. The summed E-state index contributed by atoms with van der Waals surface area (Å²) in [6.45, 7) is 5.80. The second-order valence-corrected chi connectivity index (χ2v) is 14.0. The predicted octanol–water partition coefficient (Wildman–Crippen LogP) is 4.11. The van der Waals surface area contributed by atoms with Crippen LogP contribution in [0, 0.1) is 11.7 Å². The highest BCUT2D eigenvalue weighted by molar-refractivity contribution is 6.43. The minimum Gasteiger partial charge on any atom is -0.426 e. The second-order valence-electron chi connectivity index (χ2n) is 14.0. The average molecular weight is 800 g/mol. The van der Waals surface area contributed by atoms with Crippen molar-refractivity contribution in [3.63, 3.8) is 0 Å². The fourth-order valence-electron chi connectivity index (χ4n) is 6.41. The first-order chi connectivity index (χ1) is 28.5. The number of halogens is 1. The van der Waals surface area contributed by atoms with E-state index in [0.29, 0.717) is 46.9 Å². The van der Waals surface area contributed by atoms with Crippen molar-refractivity contribution < 1.29 is 24.0 Å². The number of aromatic amines is 1. The van der Waals surface area contributed by atoms with Gasteiger partial charge in [-0.2, -0.15) is 0 Å². The highest BCUT2D eigenvalue weighted by Gasteiger charge is 2.30. The van der Waals surface area contributed by atoms with Gasteiger partial charge in [0.05, 0.1) is 35.7 Å². The number of aromatic nitrogens is 8.